The van der Waals surface area contributed by atoms with Gasteiger partial charge in [0.25, 0.3) is 0 Å². The van der Waals surface area contributed by atoms with Crippen LogP contribution in [0.1, 0.15) is 30.8 Å². The quantitative estimate of drug-likeness (QED) is 0.502. The van der Waals surface area contributed by atoms with Gasteiger partial charge in [0.2, 0.25) is 5.88 Å². The Hall–Kier alpha value is -3.81. The van der Waals surface area contributed by atoms with Gasteiger partial charge in [-0.2, -0.15) is 0 Å². The molecule has 8 heteroatoms. The van der Waals surface area contributed by atoms with E-state index in [0.29, 0.717) is 17.3 Å². The van der Waals surface area contributed by atoms with E-state index in [1.54, 1.807) is 36.5 Å². The minimum Gasteiger partial charge on any atom is -0.481 e. The number of aromatic amines is 1. The summed E-state index contributed by atoms with van der Waals surface area (Å²) in [6.07, 6.45) is 5.87. The number of aromatic nitrogens is 3. The molecule has 3 aromatic rings. The Balaban J connectivity index is 0.00000145. The maximum atomic E-state index is 14.0. The average Bonchev–Trinajstić information content (AvgIpc) is 3.25. The summed E-state index contributed by atoms with van der Waals surface area (Å²) in [7, 11) is 1.51. The number of amidine groups is 2. The molecule has 3 heterocycles. The van der Waals surface area contributed by atoms with Crippen LogP contribution in [0.15, 0.2) is 65.5 Å². The Morgan fingerprint density at radius 3 is 2.76 bits per heavy atom. The highest BCUT2D eigenvalue weighted by molar-refractivity contribution is 6.11. The van der Waals surface area contributed by atoms with Crippen molar-refractivity contribution in [1.29, 1.82) is 0 Å². The highest BCUT2D eigenvalue weighted by Crippen LogP contribution is 2.19. The number of hydrogen-bond donors (Lipinski definition) is 2. The fourth-order valence-corrected chi connectivity index (χ4v) is 2.30. The monoisotopic (exact) mass is 394 g/mol. The first-order valence-electron chi connectivity index (χ1n) is 8.96. The van der Waals surface area contributed by atoms with Gasteiger partial charge in [0, 0.05) is 24.0 Å². The van der Waals surface area contributed by atoms with Crippen LogP contribution in [-0.2, 0) is 0 Å². The molecule has 0 amide bonds. The van der Waals surface area contributed by atoms with Crippen LogP contribution in [0.5, 0.6) is 5.88 Å². The predicted molar refractivity (Wildman–Crippen MR) is 114 cm³/mol. The highest BCUT2D eigenvalue weighted by atomic mass is 19.1. The van der Waals surface area contributed by atoms with Gasteiger partial charge in [0.15, 0.2) is 17.5 Å². The summed E-state index contributed by atoms with van der Waals surface area (Å²) in [6, 6.07) is 8.37. The summed E-state index contributed by atoms with van der Waals surface area (Å²) in [5, 5.41) is 0. The second-order valence-electron chi connectivity index (χ2n) is 5.34. The maximum Gasteiger partial charge on any atom is 0.213 e. The zero-order chi connectivity index (χ0) is 21.2. The van der Waals surface area contributed by atoms with Gasteiger partial charge in [0.1, 0.15) is 11.4 Å². The summed E-state index contributed by atoms with van der Waals surface area (Å²) >= 11 is 0. The SMILES string of the molecule is C=Cc1cc[nH]c1C(N=C(N)c1cccc(OC)n1)=Nc1ccncc1F.CC. The first-order valence-corrected chi connectivity index (χ1v) is 8.96. The van der Waals surface area contributed by atoms with Crippen molar-refractivity contribution in [2.45, 2.75) is 13.8 Å². The Morgan fingerprint density at radius 1 is 1.28 bits per heavy atom. The van der Waals surface area contributed by atoms with Gasteiger partial charge < -0.3 is 15.5 Å². The van der Waals surface area contributed by atoms with Gasteiger partial charge in [-0.3, -0.25) is 4.98 Å². The molecule has 0 fully saturated rings. The average molecular weight is 394 g/mol. The third-order valence-corrected chi connectivity index (χ3v) is 3.62. The van der Waals surface area contributed by atoms with E-state index in [2.05, 4.69) is 31.5 Å². The Bertz CT molecular complexity index is 1030. The molecule has 3 aromatic heterocycles. The van der Waals surface area contributed by atoms with Crippen LogP contribution in [0, 0.1) is 5.82 Å². The van der Waals surface area contributed by atoms with E-state index in [1.165, 1.54) is 19.4 Å². The van der Waals surface area contributed by atoms with Gasteiger partial charge in [0.05, 0.1) is 19.0 Å². The number of halogens is 1. The first kappa shape index (κ1) is 21.5. The van der Waals surface area contributed by atoms with Crippen LogP contribution < -0.4 is 10.5 Å². The van der Waals surface area contributed by atoms with E-state index in [9.17, 15) is 4.39 Å². The number of H-pyrrole nitrogens is 1. The van der Waals surface area contributed by atoms with Gasteiger partial charge in [-0.25, -0.2) is 19.4 Å². The lowest BCUT2D eigenvalue weighted by atomic mass is 10.2. The summed E-state index contributed by atoms with van der Waals surface area (Å²) in [4.78, 5) is 19.7. The Labute approximate surface area is 168 Å². The largest absolute Gasteiger partial charge is 0.481 e. The van der Waals surface area contributed by atoms with E-state index in [-0.39, 0.29) is 17.4 Å². The van der Waals surface area contributed by atoms with Crippen molar-refractivity contribution in [2.75, 3.05) is 7.11 Å². The molecule has 29 heavy (non-hydrogen) atoms. The summed E-state index contributed by atoms with van der Waals surface area (Å²) in [5.41, 5.74) is 7.90. The van der Waals surface area contributed by atoms with E-state index in [4.69, 9.17) is 10.5 Å². The van der Waals surface area contributed by atoms with Crippen LogP contribution in [-0.4, -0.2) is 33.7 Å². The molecule has 0 saturated carbocycles. The fraction of sp³-hybridized carbons (Fsp3) is 0.143. The molecule has 0 atom stereocenters. The van der Waals surface area contributed by atoms with Crippen LogP contribution in [0.25, 0.3) is 6.08 Å². The zero-order valence-electron chi connectivity index (χ0n) is 16.6. The number of methoxy groups -OCH3 is 1. The summed E-state index contributed by atoms with van der Waals surface area (Å²) in [6.45, 7) is 7.76. The van der Waals surface area contributed by atoms with Gasteiger partial charge in [-0.1, -0.05) is 32.6 Å². The molecule has 0 aliphatic heterocycles. The highest BCUT2D eigenvalue weighted by Gasteiger charge is 2.13. The smallest absolute Gasteiger partial charge is 0.213 e. The van der Waals surface area contributed by atoms with E-state index >= 15 is 0 Å². The molecule has 0 spiro atoms. The molecule has 0 aliphatic rings. The van der Waals surface area contributed by atoms with Crippen molar-refractivity contribution in [3.63, 3.8) is 0 Å². The lowest BCUT2D eigenvalue weighted by Gasteiger charge is -2.06. The van der Waals surface area contributed by atoms with Crippen LogP contribution >= 0.6 is 0 Å². The van der Waals surface area contributed by atoms with Crippen LogP contribution in [0.4, 0.5) is 10.1 Å². The second-order valence-corrected chi connectivity index (χ2v) is 5.34. The molecular weight excluding hydrogens is 371 g/mol. The van der Waals surface area contributed by atoms with Gasteiger partial charge in [-0.05, 0) is 18.2 Å². The number of pyridine rings is 2. The molecule has 0 unspecified atom stereocenters. The van der Waals surface area contributed by atoms with Crippen molar-refractivity contribution >= 4 is 23.4 Å². The summed E-state index contributed by atoms with van der Waals surface area (Å²) < 4.78 is 19.1. The van der Waals surface area contributed by atoms with Crippen LogP contribution in [0.2, 0.25) is 0 Å². The van der Waals surface area contributed by atoms with Gasteiger partial charge in [-0.15, -0.1) is 0 Å². The molecule has 0 aromatic carbocycles. The van der Waals surface area contributed by atoms with Crippen LogP contribution in [0.3, 0.4) is 0 Å². The van der Waals surface area contributed by atoms with E-state index < -0.39 is 5.82 Å². The van der Waals surface area contributed by atoms with Crippen molar-refractivity contribution in [1.82, 2.24) is 15.0 Å². The third kappa shape index (κ3) is 5.35. The Kier molecular flexibility index (Phi) is 7.78. The molecule has 0 radical (unpaired) electrons. The normalized spacial score (nSPS) is 11.4. The molecule has 3 N–H and O–H groups in total. The van der Waals surface area contributed by atoms with Crippen molar-refractivity contribution < 1.29 is 9.13 Å². The third-order valence-electron chi connectivity index (χ3n) is 3.62. The molecule has 0 aliphatic carbocycles. The number of nitrogens with zero attached hydrogens (tertiary/aromatic N) is 4. The number of nitrogens with two attached hydrogens (primary N) is 1. The molecular formula is C21H23FN6O. The van der Waals surface area contributed by atoms with Crippen molar-refractivity contribution in [2.24, 2.45) is 15.7 Å². The lowest BCUT2D eigenvalue weighted by molar-refractivity contribution is 0.397. The molecule has 0 bridgehead atoms. The number of aliphatic imine (C=N–C) groups is 2. The minimum absolute atomic E-state index is 0.0831. The maximum absolute atomic E-state index is 14.0. The summed E-state index contributed by atoms with van der Waals surface area (Å²) in [5.74, 6) is 0.111. The molecule has 0 saturated heterocycles. The Morgan fingerprint density at radius 2 is 2.07 bits per heavy atom. The predicted octanol–water partition coefficient (Wildman–Crippen LogP) is 4.11. The second kappa shape index (κ2) is 10.5. The van der Waals surface area contributed by atoms with E-state index in [1.807, 2.05) is 13.8 Å². The van der Waals surface area contributed by atoms with E-state index in [0.717, 1.165) is 11.8 Å². The fourth-order valence-electron chi connectivity index (χ4n) is 2.30. The lowest BCUT2D eigenvalue weighted by Crippen LogP contribution is -2.18. The topological polar surface area (TPSA) is 102 Å². The molecule has 7 nitrogen and oxygen atoms in total. The van der Waals surface area contributed by atoms with Gasteiger partial charge >= 0.3 is 0 Å². The number of rotatable bonds is 5. The van der Waals surface area contributed by atoms with Crippen molar-refractivity contribution in [3.05, 3.63) is 78.3 Å². The number of ether oxygens (including phenoxy) is 1. The molecule has 3 rings (SSSR count). The number of hydrogen-bond acceptors (Lipinski definition) is 4. The van der Waals surface area contributed by atoms with Crippen molar-refractivity contribution in [3.8, 4) is 5.88 Å². The molecule has 150 valence electrons. The standard InChI is InChI=1S/C19H17FN6O.C2H6/c1-3-12-7-10-23-17(12)19(25-14-8-9-22-11-13(14)20)26-18(21)15-5-4-6-16(24-15)27-2;1-2/h3-11,23H,1H2,2H3,(H2,21,22,25,26);1-2H3. The zero-order valence-corrected chi connectivity index (χ0v) is 16.6. The first-order chi connectivity index (χ1) is 14.1. The number of nitrogens with one attached hydrogen (secondary N) is 1. The minimum atomic E-state index is -0.574.